The monoisotopic (exact) mass is 274 g/mol. The minimum absolute atomic E-state index is 0.00551. The number of H-pyrrole nitrogens is 1. The lowest BCUT2D eigenvalue weighted by Gasteiger charge is -2.29. The third-order valence-corrected chi connectivity index (χ3v) is 4.19. The Morgan fingerprint density at radius 1 is 1.00 bits per heavy atom. The van der Waals surface area contributed by atoms with Crippen molar-refractivity contribution in [2.45, 2.75) is 18.9 Å². The highest BCUT2D eigenvalue weighted by atomic mass is 15.0. The van der Waals surface area contributed by atoms with Gasteiger partial charge in [-0.25, -0.2) is 0 Å². The smallest absolute Gasteiger partial charge is 0.0565 e. The first-order chi connectivity index (χ1) is 10.2. The molecule has 104 valence electrons. The van der Waals surface area contributed by atoms with Gasteiger partial charge in [-0.1, -0.05) is 48.6 Å². The summed E-state index contributed by atoms with van der Waals surface area (Å²) in [5.74, 6) is 0. The standard InChI is InChI=1S/C19H18N2/c1-19(11-5-2-6-12-19)21-14-9-10-16-15-7-3-4-8-17(15)20-18(16)13-14/h2-11,13,20-21H,12H2,1H3. The van der Waals surface area contributed by atoms with Crippen molar-refractivity contribution in [2.75, 3.05) is 5.32 Å². The lowest BCUT2D eigenvalue weighted by molar-refractivity contribution is 0.641. The van der Waals surface area contributed by atoms with E-state index in [2.05, 4.69) is 84.0 Å². The highest BCUT2D eigenvalue weighted by Crippen LogP contribution is 2.29. The number of aromatic nitrogens is 1. The van der Waals surface area contributed by atoms with Gasteiger partial charge in [0.2, 0.25) is 0 Å². The van der Waals surface area contributed by atoms with E-state index < -0.39 is 0 Å². The van der Waals surface area contributed by atoms with Gasteiger partial charge in [0.1, 0.15) is 0 Å². The van der Waals surface area contributed by atoms with Gasteiger partial charge in [0.15, 0.2) is 0 Å². The van der Waals surface area contributed by atoms with Gasteiger partial charge in [-0.05, 0) is 31.5 Å². The molecule has 0 amide bonds. The van der Waals surface area contributed by atoms with Crippen molar-refractivity contribution in [3.63, 3.8) is 0 Å². The molecule has 0 fully saturated rings. The number of aromatic amines is 1. The van der Waals surface area contributed by atoms with Crippen molar-refractivity contribution in [3.05, 3.63) is 66.8 Å². The molecule has 1 atom stereocenters. The highest BCUT2D eigenvalue weighted by Gasteiger charge is 2.20. The number of allylic oxidation sites excluding steroid dienone is 2. The molecular weight excluding hydrogens is 256 g/mol. The third kappa shape index (κ3) is 2.13. The van der Waals surface area contributed by atoms with E-state index in [-0.39, 0.29) is 5.54 Å². The Labute approximate surface area is 124 Å². The summed E-state index contributed by atoms with van der Waals surface area (Å²) in [4.78, 5) is 3.50. The molecule has 1 aliphatic rings. The molecule has 0 spiro atoms. The van der Waals surface area contributed by atoms with Crippen molar-refractivity contribution in [1.82, 2.24) is 4.98 Å². The molecular formula is C19H18N2. The number of hydrogen-bond acceptors (Lipinski definition) is 1. The van der Waals surface area contributed by atoms with E-state index in [0.29, 0.717) is 0 Å². The van der Waals surface area contributed by atoms with Crippen molar-refractivity contribution in [3.8, 4) is 0 Å². The van der Waals surface area contributed by atoms with Crippen LogP contribution in [0.5, 0.6) is 0 Å². The summed E-state index contributed by atoms with van der Waals surface area (Å²) in [6, 6.07) is 15.0. The summed E-state index contributed by atoms with van der Waals surface area (Å²) in [6.07, 6.45) is 9.65. The van der Waals surface area contributed by atoms with Gasteiger partial charge in [-0.2, -0.15) is 0 Å². The summed E-state index contributed by atoms with van der Waals surface area (Å²) in [7, 11) is 0. The van der Waals surface area contributed by atoms with Gasteiger partial charge >= 0.3 is 0 Å². The first kappa shape index (κ1) is 12.3. The van der Waals surface area contributed by atoms with Gasteiger partial charge in [-0.15, -0.1) is 0 Å². The molecule has 1 aliphatic carbocycles. The molecule has 0 aliphatic heterocycles. The fourth-order valence-electron chi connectivity index (χ4n) is 3.08. The molecule has 0 saturated heterocycles. The summed E-state index contributed by atoms with van der Waals surface area (Å²) in [6.45, 7) is 2.22. The van der Waals surface area contributed by atoms with Crippen LogP contribution in [0.1, 0.15) is 13.3 Å². The van der Waals surface area contributed by atoms with Crippen LogP contribution in [0.4, 0.5) is 5.69 Å². The second-order valence-electron chi connectivity index (χ2n) is 5.96. The second kappa shape index (κ2) is 4.52. The number of hydrogen-bond donors (Lipinski definition) is 2. The van der Waals surface area contributed by atoms with Crippen LogP contribution in [-0.4, -0.2) is 10.5 Å². The van der Waals surface area contributed by atoms with E-state index in [1.54, 1.807) is 0 Å². The maximum Gasteiger partial charge on any atom is 0.0565 e. The van der Waals surface area contributed by atoms with Crippen LogP contribution < -0.4 is 5.32 Å². The number of fused-ring (bicyclic) bond motifs is 3. The lowest BCUT2D eigenvalue weighted by atomic mass is 9.93. The van der Waals surface area contributed by atoms with E-state index in [9.17, 15) is 0 Å². The predicted molar refractivity (Wildman–Crippen MR) is 90.7 cm³/mol. The Morgan fingerprint density at radius 3 is 2.71 bits per heavy atom. The van der Waals surface area contributed by atoms with Gasteiger partial charge < -0.3 is 10.3 Å². The topological polar surface area (TPSA) is 27.8 Å². The van der Waals surface area contributed by atoms with Crippen LogP contribution in [0.25, 0.3) is 21.8 Å². The molecule has 21 heavy (non-hydrogen) atoms. The fraction of sp³-hybridized carbons (Fsp3) is 0.158. The van der Waals surface area contributed by atoms with E-state index in [1.165, 1.54) is 21.8 Å². The Kier molecular flexibility index (Phi) is 2.64. The highest BCUT2D eigenvalue weighted by molar-refractivity contribution is 6.07. The molecule has 0 bridgehead atoms. The number of benzene rings is 2. The molecule has 0 saturated carbocycles. The predicted octanol–water partition coefficient (Wildman–Crippen LogP) is 5.01. The Bertz CT molecular complexity index is 870. The van der Waals surface area contributed by atoms with Crippen LogP contribution in [0, 0.1) is 0 Å². The largest absolute Gasteiger partial charge is 0.376 e. The molecule has 1 heterocycles. The maximum atomic E-state index is 3.64. The molecule has 3 aromatic rings. The van der Waals surface area contributed by atoms with Crippen LogP contribution in [0.15, 0.2) is 66.8 Å². The summed E-state index contributed by atoms with van der Waals surface area (Å²) >= 11 is 0. The molecule has 0 radical (unpaired) electrons. The van der Waals surface area contributed by atoms with Crippen molar-refractivity contribution < 1.29 is 0 Å². The van der Waals surface area contributed by atoms with Crippen molar-refractivity contribution in [1.29, 1.82) is 0 Å². The quantitative estimate of drug-likeness (QED) is 0.675. The zero-order chi connectivity index (χ0) is 14.3. The normalized spacial score (nSPS) is 21.2. The maximum absolute atomic E-state index is 3.64. The number of para-hydroxylation sites is 1. The molecule has 2 aromatic carbocycles. The van der Waals surface area contributed by atoms with Crippen molar-refractivity contribution >= 4 is 27.5 Å². The van der Waals surface area contributed by atoms with Crippen LogP contribution in [-0.2, 0) is 0 Å². The van der Waals surface area contributed by atoms with Gasteiger partial charge in [0.25, 0.3) is 0 Å². The first-order valence-electron chi connectivity index (χ1n) is 7.37. The molecule has 2 heteroatoms. The molecule has 4 rings (SSSR count). The number of rotatable bonds is 2. The molecule has 2 N–H and O–H groups in total. The van der Waals surface area contributed by atoms with E-state index in [0.717, 1.165) is 12.1 Å². The molecule has 1 unspecified atom stereocenters. The van der Waals surface area contributed by atoms with Gasteiger partial charge in [0.05, 0.1) is 5.54 Å². The minimum Gasteiger partial charge on any atom is -0.376 e. The van der Waals surface area contributed by atoms with E-state index in [4.69, 9.17) is 0 Å². The van der Waals surface area contributed by atoms with E-state index >= 15 is 0 Å². The Hall–Kier alpha value is -2.48. The second-order valence-corrected chi connectivity index (χ2v) is 5.96. The zero-order valence-electron chi connectivity index (χ0n) is 12.1. The zero-order valence-corrected chi connectivity index (χ0v) is 12.1. The van der Waals surface area contributed by atoms with Gasteiger partial charge in [-0.3, -0.25) is 0 Å². The van der Waals surface area contributed by atoms with E-state index in [1.807, 2.05) is 0 Å². The van der Waals surface area contributed by atoms with Crippen LogP contribution in [0.2, 0.25) is 0 Å². The lowest BCUT2D eigenvalue weighted by Crippen LogP contribution is -2.32. The van der Waals surface area contributed by atoms with Crippen molar-refractivity contribution in [2.24, 2.45) is 0 Å². The average molecular weight is 274 g/mol. The third-order valence-electron chi connectivity index (χ3n) is 4.19. The Morgan fingerprint density at radius 2 is 1.86 bits per heavy atom. The number of nitrogens with one attached hydrogen (secondary N) is 2. The number of anilines is 1. The summed E-state index contributed by atoms with van der Waals surface area (Å²) < 4.78 is 0. The fourth-order valence-corrected chi connectivity index (χ4v) is 3.08. The molecule has 2 nitrogen and oxygen atoms in total. The summed E-state index contributed by atoms with van der Waals surface area (Å²) in [5, 5.41) is 6.20. The van der Waals surface area contributed by atoms with Crippen LogP contribution in [0.3, 0.4) is 0 Å². The first-order valence-corrected chi connectivity index (χ1v) is 7.37. The Balaban J connectivity index is 1.75. The average Bonchev–Trinajstić information content (AvgIpc) is 2.85. The molecule has 1 aromatic heterocycles. The van der Waals surface area contributed by atoms with Gasteiger partial charge in [0, 0.05) is 27.5 Å². The van der Waals surface area contributed by atoms with Crippen LogP contribution >= 0.6 is 0 Å². The summed E-state index contributed by atoms with van der Waals surface area (Å²) in [5.41, 5.74) is 3.52. The minimum atomic E-state index is -0.00551. The SMILES string of the molecule is CC1(Nc2ccc3c(c2)[nH]c2ccccc23)C=CC=CC1.